The maximum atomic E-state index is 11.1. The molecule has 1 aromatic rings. The molecule has 1 saturated heterocycles. The quantitative estimate of drug-likeness (QED) is 0.823. The first-order valence-electron chi connectivity index (χ1n) is 6.14. The Balaban J connectivity index is 2.30. The van der Waals surface area contributed by atoms with Crippen LogP contribution in [0.3, 0.4) is 0 Å². The van der Waals surface area contributed by atoms with Gasteiger partial charge in [0.05, 0.1) is 12.8 Å². The summed E-state index contributed by atoms with van der Waals surface area (Å²) in [5.41, 5.74) is 0.887. The van der Waals surface area contributed by atoms with Gasteiger partial charge >= 0.3 is 5.97 Å². The van der Waals surface area contributed by atoms with Gasteiger partial charge in [-0.3, -0.25) is 9.78 Å². The molecule has 2 heterocycles. The second-order valence-electron chi connectivity index (χ2n) is 4.35. The molecule has 0 bridgehead atoms. The SMILES string of the molecule is COc1c(OC(C)=O)ccnc1C1CCNCC1. The van der Waals surface area contributed by atoms with Crippen LogP contribution in [0.15, 0.2) is 12.3 Å². The van der Waals surface area contributed by atoms with Crippen LogP contribution in [0, 0.1) is 0 Å². The molecule has 5 nitrogen and oxygen atoms in total. The van der Waals surface area contributed by atoms with Crippen LogP contribution < -0.4 is 14.8 Å². The summed E-state index contributed by atoms with van der Waals surface area (Å²) >= 11 is 0. The highest BCUT2D eigenvalue weighted by molar-refractivity contribution is 5.70. The molecule has 1 N–H and O–H groups in total. The maximum absolute atomic E-state index is 11.1. The fourth-order valence-corrected chi connectivity index (χ4v) is 2.27. The van der Waals surface area contributed by atoms with E-state index in [1.165, 1.54) is 6.92 Å². The van der Waals surface area contributed by atoms with E-state index in [1.807, 2.05) is 0 Å². The van der Waals surface area contributed by atoms with Gasteiger partial charge < -0.3 is 14.8 Å². The number of aromatic nitrogens is 1. The van der Waals surface area contributed by atoms with E-state index in [1.54, 1.807) is 19.4 Å². The Kier molecular flexibility index (Phi) is 4.15. The fourth-order valence-electron chi connectivity index (χ4n) is 2.27. The lowest BCUT2D eigenvalue weighted by atomic mass is 9.93. The number of carbonyl (C=O) groups is 1. The Labute approximate surface area is 107 Å². The Morgan fingerprint density at radius 2 is 2.17 bits per heavy atom. The average Bonchev–Trinajstić information content (AvgIpc) is 2.39. The second kappa shape index (κ2) is 5.82. The molecule has 0 unspecified atom stereocenters. The second-order valence-corrected chi connectivity index (χ2v) is 4.35. The number of pyridine rings is 1. The highest BCUT2D eigenvalue weighted by Gasteiger charge is 2.23. The standard InChI is InChI=1S/C13H18N2O3/c1-9(16)18-11-5-8-15-12(13(11)17-2)10-3-6-14-7-4-10/h5,8,10,14H,3-4,6-7H2,1-2H3. The third-order valence-electron chi connectivity index (χ3n) is 3.08. The lowest BCUT2D eigenvalue weighted by molar-refractivity contribution is -0.132. The zero-order chi connectivity index (χ0) is 13.0. The van der Waals surface area contributed by atoms with E-state index >= 15 is 0 Å². The first-order chi connectivity index (χ1) is 8.72. The predicted molar refractivity (Wildman–Crippen MR) is 66.9 cm³/mol. The maximum Gasteiger partial charge on any atom is 0.308 e. The molecule has 0 atom stereocenters. The summed E-state index contributed by atoms with van der Waals surface area (Å²) in [4.78, 5) is 15.5. The van der Waals surface area contributed by atoms with Crippen molar-refractivity contribution in [2.75, 3.05) is 20.2 Å². The number of carbonyl (C=O) groups excluding carboxylic acids is 1. The minimum Gasteiger partial charge on any atom is -0.491 e. The molecule has 0 radical (unpaired) electrons. The average molecular weight is 250 g/mol. The normalized spacial score (nSPS) is 16.3. The zero-order valence-electron chi connectivity index (χ0n) is 10.7. The number of nitrogens with zero attached hydrogens (tertiary/aromatic N) is 1. The fraction of sp³-hybridized carbons (Fsp3) is 0.538. The summed E-state index contributed by atoms with van der Waals surface area (Å²) in [5, 5.41) is 3.31. The first-order valence-corrected chi connectivity index (χ1v) is 6.14. The number of nitrogens with one attached hydrogen (secondary N) is 1. The molecular formula is C13H18N2O3. The van der Waals surface area contributed by atoms with Crippen LogP contribution in [-0.2, 0) is 4.79 Å². The van der Waals surface area contributed by atoms with Crippen LogP contribution in [0.25, 0.3) is 0 Å². The van der Waals surface area contributed by atoms with E-state index in [2.05, 4.69) is 10.3 Å². The van der Waals surface area contributed by atoms with Crippen molar-refractivity contribution in [3.63, 3.8) is 0 Å². The van der Waals surface area contributed by atoms with Crippen molar-refractivity contribution in [3.8, 4) is 11.5 Å². The van der Waals surface area contributed by atoms with Gasteiger partial charge in [-0.15, -0.1) is 0 Å². The Morgan fingerprint density at radius 3 is 2.78 bits per heavy atom. The van der Waals surface area contributed by atoms with Gasteiger partial charge in [0, 0.05) is 25.1 Å². The number of hydrogen-bond acceptors (Lipinski definition) is 5. The minimum absolute atomic E-state index is 0.351. The molecule has 0 aromatic carbocycles. The van der Waals surface area contributed by atoms with E-state index in [4.69, 9.17) is 9.47 Å². The molecule has 1 aliphatic rings. The highest BCUT2D eigenvalue weighted by atomic mass is 16.6. The van der Waals surface area contributed by atoms with Gasteiger partial charge in [0.2, 0.25) is 0 Å². The van der Waals surface area contributed by atoms with Gasteiger partial charge in [-0.2, -0.15) is 0 Å². The number of hydrogen-bond donors (Lipinski definition) is 1. The van der Waals surface area contributed by atoms with Crippen LogP contribution >= 0.6 is 0 Å². The Morgan fingerprint density at radius 1 is 1.44 bits per heavy atom. The van der Waals surface area contributed by atoms with Crippen LogP contribution in [0.1, 0.15) is 31.4 Å². The smallest absolute Gasteiger partial charge is 0.308 e. The molecule has 0 amide bonds. The van der Waals surface area contributed by atoms with Crippen molar-refractivity contribution in [1.82, 2.24) is 10.3 Å². The van der Waals surface area contributed by atoms with Crippen LogP contribution in [0.2, 0.25) is 0 Å². The molecule has 0 spiro atoms. The third-order valence-corrected chi connectivity index (χ3v) is 3.08. The van der Waals surface area contributed by atoms with Gasteiger partial charge in [0.25, 0.3) is 0 Å². The monoisotopic (exact) mass is 250 g/mol. The molecule has 2 rings (SSSR count). The van der Waals surface area contributed by atoms with Crippen LogP contribution in [-0.4, -0.2) is 31.2 Å². The highest BCUT2D eigenvalue weighted by Crippen LogP contribution is 2.37. The van der Waals surface area contributed by atoms with E-state index in [0.29, 0.717) is 17.4 Å². The van der Waals surface area contributed by atoms with Crippen LogP contribution in [0.5, 0.6) is 11.5 Å². The van der Waals surface area contributed by atoms with Gasteiger partial charge in [-0.25, -0.2) is 0 Å². The van der Waals surface area contributed by atoms with Gasteiger partial charge in [-0.05, 0) is 25.9 Å². The molecule has 1 aliphatic heterocycles. The summed E-state index contributed by atoms with van der Waals surface area (Å²) < 4.78 is 10.5. The molecule has 18 heavy (non-hydrogen) atoms. The molecule has 1 fully saturated rings. The summed E-state index contributed by atoms with van der Waals surface area (Å²) in [6.45, 7) is 3.34. The largest absolute Gasteiger partial charge is 0.491 e. The van der Waals surface area contributed by atoms with Gasteiger partial charge in [-0.1, -0.05) is 0 Å². The van der Waals surface area contributed by atoms with E-state index in [-0.39, 0.29) is 5.97 Å². The van der Waals surface area contributed by atoms with Crippen molar-refractivity contribution in [1.29, 1.82) is 0 Å². The first kappa shape index (κ1) is 12.8. The minimum atomic E-state index is -0.351. The summed E-state index contributed by atoms with van der Waals surface area (Å²) in [7, 11) is 1.58. The zero-order valence-corrected chi connectivity index (χ0v) is 10.7. The molecule has 1 aromatic heterocycles. The number of piperidine rings is 1. The van der Waals surface area contributed by atoms with Crippen molar-refractivity contribution in [2.45, 2.75) is 25.7 Å². The topological polar surface area (TPSA) is 60.5 Å². The van der Waals surface area contributed by atoms with Crippen molar-refractivity contribution < 1.29 is 14.3 Å². The van der Waals surface area contributed by atoms with E-state index in [0.717, 1.165) is 31.6 Å². The lowest BCUT2D eigenvalue weighted by Gasteiger charge is -2.24. The Bertz CT molecular complexity index is 428. The number of ether oxygens (including phenoxy) is 2. The molecule has 5 heteroatoms. The Hall–Kier alpha value is -1.62. The molecule has 0 saturated carbocycles. The van der Waals surface area contributed by atoms with Gasteiger partial charge in [0.15, 0.2) is 11.5 Å². The van der Waals surface area contributed by atoms with Crippen LogP contribution in [0.4, 0.5) is 0 Å². The van der Waals surface area contributed by atoms with Crippen molar-refractivity contribution in [3.05, 3.63) is 18.0 Å². The van der Waals surface area contributed by atoms with Crippen molar-refractivity contribution in [2.24, 2.45) is 0 Å². The van der Waals surface area contributed by atoms with E-state index in [9.17, 15) is 4.79 Å². The van der Waals surface area contributed by atoms with Crippen molar-refractivity contribution >= 4 is 5.97 Å². The number of rotatable bonds is 3. The lowest BCUT2D eigenvalue weighted by Crippen LogP contribution is -2.27. The summed E-state index contributed by atoms with van der Waals surface area (Å²) in [6, 6.07) is 1.66. The number of methoxy groups -OCH3 is 1. The molecule has 98 valence electrons. The van der Waals surface area contributed by atoms with E-state index < -0.39 is 0 Å². The predicted octanol–water partition coefficient (Wildman–Crippen LogP) is 1.48. The molecular weight excluding hydrogens is 232 g/mol. The number of esters is 1. The third kappa shape index (κ3) is 2.79. The van der Waals surface area contributed by atoms with Gasteiger partial charge in [0.1, 0.15) is 0 Å². The molecule has 0 aliphatic carbocycles. The summed E-state index contributed by atoms with van der Waals surface area (Å²) in [5.74, 6) is 1.04. The summed E-state index contributed by atoms with van der Waals surface area (Å²) in [6.07, 6.45) is 3.71.